The van der Waals surface area contributed by atoms with Gasteiger partial charge in [-0.25, -0.2) is 10.4 Å². The molecule has 1 aliphatic heterocycles. The van der Waals surface area contributed by atoms with Crippen LogP contribution in [0.2, 0.25) is 0 Å². The van der Waals surface area contributed by atoms with Crippen LogP contribution in [0.3, 0.4) is 0 Å². The zero-order valence-electron chi connectivity index (χ0n) is 10.5. The van der Waals surface area contributed by atoms with Crippen molar-refractivity contribution >= 4 is 16.8 Å². The second kappa shape index (κ2) is 3.96. The van der Waals surface area contributed by atoms with Crippen molar-refractivity contribution in [1.82, 2.24) is 24.8 Å². The molecule has 5 heteroatoms. The van der Waals surface area contributed by atoms with Gasteiger partial charge in [-0.05, 0) is 12.5 Å². The van der Waals surface area contributed by atoms with Crippen molar-refractivity contribution in [1.29, 1.82) is 0 Å². The molecule has 0 fully saturated rings. The smallest absolute Gasteiger partial charge is 0.156 e. The zero-order valence-corrected chi connectivity index (χ0v) is 10.5. The Bertz CT molecular complexity index is 652. The lowest BCUT2D eigenvalue weighted by molar-refractivity contribution is 0.374. The number of imidazole rings is 1. The molecule has 0 saturated heterocycles. The average molecular weight is 241 g/mol. The molecule has 2 aromatic heterocycles. The molecular weight excluding hydrogens is 226 g/mol. The number of nitrogens with one attached hydrogen (secondary N) is 1. The molecule has 0 atom stereocenters. The third kappa shape index (κ3) is 1.78. The summed E-state index contributed by atoms with van der Waals surface area (Å²) in [4.78, 5) is 8.90. The standard InChI is InChI=1S/C13H15N5/c1-9(2)11-7-18-8-12(14-5-13(18)16-11)10-4-15-17(3)6-10/h5-8,15H,1,4H2,2-3H3. The molecule has 0 bridgehead atoms. The summed E-state index contributed by atoms with van der Waals surface area (Å²) in [6.07, 6.45) is 7.82. The third-order valence-corrected chi connectivity index (χ3v) is 2.98. The molecule has 5 nitrogen and oxygen atoms in total. The fourth-order valence-electron chi connectivity index (χ4n) is 1.96. The van der Waals surface area contributed by atoms with Crippen molar-refractivity contribution in [2.45, 2.75) is 6.92 Å². The molecule has 0 amide bonds. The van der Waals surface area contributed by atoms with Gasteiger partial charge in [0, 0.05) is 37.8 Å². The summed E-state index contributed by atoms with van der Waals surface area (Å²) < 4.78 is 1.99. The van der Waals surface area contributed by atoms with Crippen LogP contribution < -0.4 is 5.43 Å². The molecule has 0 saturated carbocycles. The van der Waals surface area contributed by atoms with E-state index in [1.807, 2.05) is 42.0 Å². The highest BCUT2D eigenvalue weighted by Gasteiger charge is 2.12. The average Bonchev–Trinajstić information content (AvgIpc) is 2.93. The first-order valence-electron chi connectivity index (χ1n) is 5.81. The number of fused-ring (bicyclic) bond motifs is 1. The van der Waals surface area contributed by atoms with Crippen molar-refractivity contribution in [3.63, 3.8) is 0 Å². The lowest BCUT2D eigenvalue weighted by Crippen LogP contribution is -2.23. The molecule has 1 aliphatic rings. The predicted molar refractivity (Wildman–Crippen MR) is 71.4 cm³/mol. The molecule has 0 unspecified atom stereocenters. The Labute approximate surface area is 105 Å². The SMILES string of the molecule is C=C(C)c1cn2cc(C3=CN(C)NC3)ncc2n1. The van der Waals surface area contributed by atoms with Crippen LogP contribution in [0.15, 0.2) is 31.4 Å². The summed E-state index contributed by atoms with van der Waals surface area (Å²) in [5, 5.41) is 1.94. The maximum atomic E-state index is 4.45. The Morgan fingerprint density at radius 3 is 2.94 bits per heavy atom. The summed E-state index contributed by atoms with van der Waals surface area (Å²) in [5.74, 6) is 0. The molecule has 3 rings (SSSR count). The fraction of sp³-hybridized carbons (Fsp3) is 0.231. The molecule has 0 aromatic carbocycles. The second-order valence-electron chi connectivity index (χ2n) is 4.54. The largest absolute Gasteiger partial charge is 0.318 e. The molecule has 0 spiro atoms. The first kappa shape index (κ1) is 11.0. The zero-order chi connectivity index (χ0) is 12.7. The number of allylic oxidation sites excluding steroid dienone is 1. The van der Waals surface area contributed by atoms with Crippen molar-refractivity contribution in [3.05, 3.63) is 42.8 Å². The first-order valence-corrected chi connectivity index (χ1v) is 5.81. The van der Waals surface area contributed by atoms with Gasteiger partial charge in [0.25, 0.3) is 0 Å². The van der Waals surface area contributed by atoms with Gasteiger partial charge in [-0.15, -0.1) is 0 Å². The van der Waals surface area contributed by atoms with E-state index in [1.165, 1.54) is 5.57 Å². The summed E-state index contributed by atoms with van der Waals surface area (Å²) >= 11 is 0. The van der Waals surface area contributed by atoms with Crippen LogP contribution in [0.4, 0.5) is 0 Å². The quantitative estimate of drug-likeness (QED) is 0.866. The van der Waals surface area contributed by atoms with Crippen molar-refractivity contribution in [3.8, 4) is 0 Å². The highest BCUT2D eigenvalue weighted by molar-refractivity contribution is 5.66. The van der Waals surface area contributed by atoms with Crippen LogP contribution in [0.1, 0.15) is 18.3 Å². The van der Waals surface area contributed by atoms with Crippen LogP contribution in [-0.4, -0.2) is 33.0 Å². The number of nitrogens with zero attached hydrogens (tertiary/aromatic N) is 4. The molecule has 0 aliphatic carbocycles. The monoisotopic (exact) mass is 241 g/mol. The minimum absolute atomic E-state index is 0.803. The summed E-state index contributed by atoms with van der Waals surface area (Å²) in [7, 11) is 1.97. The fourth-order valence-corrected chi connectivity index (χ4v) is 1.96. The van der Waals surface area contributed by atoms with Gasteiger partial charge in [0.2, 0.25) is 0 Å². The van der Waals surface area contributed by atoms with Crippen molar-refractivity contribution in [2.75, 3.05) is 13.6 Å². The molecule has 92 valence electrons. The molecule has 0 radical (unpaired) electrons. The third-order valence-electron chi connectivity index (χ3n) is 2.98. The van der Waals surface area contributed by atoms with E-state index in [2.05, 4.69) is 22.0 Å². The Balaban J connectivity index is 2.05. The number of hydrazine groups is 1. The molecule has 18 heavy (non-hydrogen) atoms. The van der Waals surface area contributed by atoms with Crippen LogP contribution in [0.25, 0.3) is 16.8 Å². The Morgan fingerprint density at radius 2 is 2.28 bits per heavy atom. The second-order valence-corrected chi connectivity index (χ2v) is 4.54. The highest BCUT2D eigenvalue weighted by Crippen LogP contribution is 2.17. The number of aromatic nitrogens is 3. The Morgan fingerprint density at radius 1 is 1.44 bits per heavy atom. The Kier molecular flexibility index (Phi) is 2.41. The van der Waals surface area contributed by atoms with Crippen LogP contribution in [0, 0.1) is 0 Å². The number of hydrogen-bond acceptors (Lipinski definition) is 4. The van der Waals surface area contributed by atoms with E-state index < -0.39 is 0 Å². The van der Waals surface area contributed by atoms with E-state index in [0.717, 1.165) is 29.2 Å². The predicted octanol–water partition coefficient (Wildman–Crippen LogP) is 1.55. The van der Waals surface area contributed by atoms with Gasteiger partial charge in [0.1, 0.15) is 0 Å². The van der Waals surface area contributed by atoms with Crippen LogP contribution >= 0.6 is 0 Å². The van der Waals surface area contributed by atoms with Gasteiger partial charge in [-0.3, -0.25) is 4.98 Å². The van der Waals surface area contributed by atoms with Crippen LogP contribution in [0.5, 0.6) is 0 Å². The molecule has 2 aromatic rings. The summed E-state index contributed by atoms with van der Waals surface area (Å²) in [6.45, 7) is 6.66. The van der Waals surface area contributed by atoms with Gasteiger partial charge in [0.05, 0.1) is 17.6 Å². The first-order chi connectivity index (χ1) is 8.63. The molecular formula is C13H15N5. The van der Waals surface area contributed by atoms with Crippen LogP contribution in [-0.2, 0) is 0 Å². The summed E-state index contributed by atoms with van der Waals surface area (Å²) in [6, 6.07) is 0. The summed E-state index contributed by atoms with van der Waals surface area (Å²) in [5.41, 5.74) is 8.05. The minimum atomic E-state index is 0.803. The van der Waals surface area contributed by atoms with E-state index >= 15 is 0 Å². The minimum Gasteiger partial charge on any atom is -0.318 e. The van der Waals surface area contributed by atoms with E-state index in [1.54, 1.807) is 6.20 Å². The number of rotatable bonds is 2. The maximum absolute atomic E-state index is 4.45. The molecule has 3 heterocycles. The van der Waals surface area contributed by atoms with E-state index in [0.29, 0.717) is 0 Å². The van der Waals surface area contributed by atoms with E-state index in [4.69, 9.17) is 0 Å². The lowest BCUT2D eigenvalue weighted by Gasteiger charge is -2.04. The van der Waals surface area contributed by atoms with Gasteiger partial charge >= 0.3 is 0 Å². The topological polar surface area (TPSA) is 45.5 Å². The van der Waals surface area contributed by atoms with Crippen molar-refractivity contribution < 1.29 is 0 Å². The molecule has 1 N–H and O–H groups in total. The van der Waals surface area contributed by atoms with E-state index in [-0.39, 0.29) is 0 Å². The van der Waals surface area contributed by atoms with Gasteiger partial charge in [-0.2, -0.15) is 0 Å². The highest BCUT2D eigenvalue weighted by atomic mass is 15.5. The maximum Gasteiger partial charge on any atom is 0.156 e. The van der Waals surface area contributed by atoms with Crippen molar-refractivity contribution in [2.24, 2.45) is 0 Å². The van der Waals surface area contributed by atoms with Gasteiger partial charge in [-0.1, -0.05) is 6.58 Å². The normalized spacial score (nSPS) is 15.2. The lowest BCUT2D eigenvalue weighted by atomic mass is 10.2. The van der Waals surface area contributed by atoms with E-state index in [9.17, 15) is 0 Å². The van der Waals surface area contributed by atoms with Gasteiger partial charge in [0.15, 0.2) is 5.65 Å². The Hall–Kier alpha value is -2.14. The van der Waals surface area contributed by atoms with Gasteiger partial charge < -0.3 is 9.41 Å². The number of hydrogen-bond donors (Lipinski definition) is 1.